The fourth-order valence-electron chi connectivity index (χ4n) is 2.07. The van der Waals surface area contributed by atoms with Crippen molar-refractivity contribution in [3.8, 4) is 11.5 Å². The van der Waals surface area contributed by atoms with E-state index >= 15 is 0 Å². The molecule has 19 heavy (non-hydrogen) atoms. The molecule has 1 aliphatic rings. The van der Waals surface area contributed by atoms with Gasteiger partial charge in [-0.15, -0.1) is 0 Å². The number of fused-ring (bicyclic) bond motifs is 1. The second-order valence-corrected chi connectivity index (χ2v) is 4.78. The van der Waals surface area contributed by atoms with E-state index in [1.807, 2.05) is 32.2 Å². The number of nitrogens with one attached hydrogen (secondary N) is 1. The van der Waals surface area contributed by atoms with Gasteiger partial charge in [0.25, 0.3) is 0 Å². The molecule has 0 fully saturated rings. The van der Waals surface area contributed by atoms with Crippen molar-refractivity contribution in [1.82, 2.24) is 10.2 Å². The minimum Gasteiger partial charge on any atom is -0.454 e. The van der Waals surface area contributed by atoms with Crippen LogP contribution in [0.2, 0.25) is 0 Å². The zero-order valence-corrected chi connectivity index (χ0v) is 11.6. The summed E-state index contributed by atoms with van der Waals surface area (Å²) >= 11 is 0. The van der Waals surface area contributed by atoms with Crippen LogP contribution in [-0.2, 0) is 11.2 Å². The second-order valence-electron chi connectivity index (χ2n) is 4.78. The first-order valence-corrected chi connectivity index (χ1v) is 6.40. The van der Waals surface area contributed by atoms with Crippen molar-refractivity contribution >= 4 is 5.91 Å². The van der Waals surface area contributed by atoms with Crippen molar-refractivity contribution in [3.63, 3.8) is 0 Å². The minimum atomic E-state index is 0.0933. The number of nitrogens with zero attached hydrogens (tertiary/aromatic N) is 1. The first-order valence-electron chi connectivity index (χ1n) is 6.40. The van der Waals surface area contributed by atoms with Crippen LogP contribution in [0, 0.1) is 0 Å². The highest BCUT2D eigenvalue weighted by molar-refractivity contribution is 5.78. The van der Waals surface area contributed by atoms with Crippen molar-refractivity contribution < 1.29 is 14.3 Å². The number of rotatable bonds is 5. The molecule has 104 valence electrons. The third-order valence-electron chi connectivity index (χ3n) is 3.35. The molecule has 0 bridgehead atoms. The lowest BCUT2D eigenvalue weighted by molar-refractivity contribution is -0.130. The van der Waals surface area contributed by atoms with Crippen LogP contribution in [0.4, 0.5) is 0 Å². The van der Waals surface area contributed by atoms with Crippen molar-refractivity contribution in [3.05, 3.63) is 23.8 Å². The fraction of sp³-hybridized carbons (Fsp3) is 0.500. The number of carbonyl (C=O) groups is 1. The van der Waals surface area contributed by atoms with Gasteiger partial charge in [-0.2, -0.15) is 0 Å². The maximum Gasteiger partial charge on any atom is 0.236 e. The summed E-state index contributed by atoms with van der Waals surface area (Å²) < 4.78 is 10.6. The Hall–Kier alpha value is -1.75. The molecular weight excluding hydrogens is 244 g/mol. The molecular formula is C14H20N2O3. The highest BCUT2D eigenvalue weighted by Gasteiger charge is 2.18. The Kier molecular flexibility index (Phi) is 4.27. The minimum absolute atomic E-state index is 0.0933. The number of hydrogen-bond acceptors (Lipinski definition) is 4. The first-order chi connectivity index (χ1) is 9.11. The van der Waals surface area contributed by atoms with E-state index in [2.05, 4.69) is 5.32 Å². The number of carbonyl (C=O) groups excluding carboxylic acids is 1. The van der Waals surface area contributed by atoms with Crippen molar-refractivity contribution in [2.75, 3.05) is 27.4 Å². The van der Waals surface area contributed by atoms with E-state index < -0.39 is 0 Å². The predicted molar refractivity (Wildman–Crippen MR) is 72.4 cm³/mol. The molecule has 1 unspecified atom stereocenters. The molecule has 0 saturated heterocycles. The zero-order valence-electron chi connectivity index (χ0n) is 11.6. The monoisotopic (exact) mass is 264 g/mol. The number of hydrogen-bond donors (Lipinski definition) is 1. The summed E-state index contributed by atoms with van der Waals surface area (Å²) in [5.41, 5.74) is 1.14. The number of ether oxygens (including phenoxy) is 2. The highest BCUT2D eigenvalue weighted by atomic mass is 16.7. The van der Waals surface area contributed by atoms with Gasteiger partial charge in [0.05, 0.1) is 6.54 Å². The van der Waals surface area contributed by atoms with Crippen LogP contribution in [0.3, 0.4) is 0 Å². The SMILES string of the molecule is CNCC(=O)N(C)C(C)Cc1ccc2c(c1)OCO2. The van der Waals surface area contributed by atoms with Gasteiger partial charge in [-0.3, -0.25) is 4.79 Å². The Morgan fingerprint density at radius 1 is 1.42 bits per heavy atom. The molecule has 1 atom stereocenters. The zero-order chi connectivity index (χ0) is 13.8. The Balaban J connectivity index is 1.98. The third kappa shape index (κ3) is 3.17. The molecule has 1 aromatic rings. The maximum atomic E-state index is 11.8. The number of benzene rings is 1. The van der Waals surface area contributed by atoms with Gasteiger partial charge in [0.1, 0.15) is 0 Å². The smallest absolute Gasteiger partial charge is 0.236 e. The van der Waals surface area contributed by atoms with E-state index in [-0.39, 0.29) is 18.7 Å². The lowest BCUT2D eigenvalue weighted by atomic mass is 10.1. The molecule has 1 heterocycles. The molecule has 1 aliphatic heterocycles. The Bertz CT molecular complexity index is 462. The van der Waals surface area contributed by atoms with E-state index in [9.17, 15) is 4.79 Å². The molecule has 1 aromatic carbocycles. The van der Waals surface area contributed by atoms with E-state index in [4.69, 9.17) is 9.47 Å². The first kappa shape index (κ1) is 13.7. The lowest BCUT2D eigenvalue weighted by Crippen LogP contribution is -2.40. The van der Waals surface area contributed by atoms with Gasteiger partial charge in [0.15, 0.2) is 11.5 Å². The molecule has 0 saturated carbocycles. The average molecular weight is 264 g/mol. The van der Waals surface area contributed by atoms with Gasteiger partial charge in [-0.25, -0.2) is 0 Å². The third-order valence-corrected chi connectivity index (χ3v) is 3.35. The summed E-state index contributed by atoms with van der Waals surface area (Å²) in [6.07, 6.45) is 0.794. The van der Waals surface area contributed by atoms with Gasteiger partial charge in [0, 0.05) is 13.1 Å². The molecule has 5 nitrogen and oxygen atoms in total. The molecule has 1 amide bonds. The van der Waals surface area contributed by atoms with Gasteiger partial charge in [0.2, 0.25) is 12.7 Å². The summed E-state index contributed by atoms with van der Waals surface area (Å²) in [5, 5.41) is 2.87. The largest absolute Gasteiger partial charge is 0.454 e. The Morgan fingerprint density at radius 3 is 2.89 bits per heavy atom. The van der Waals surface area contributed by atoms with E-state index in [0.29, 0.717) is 6.54 Å². The van der Waals surface area contributed by atoms with Crippen molar-refractivity contribution in [1.29, 1.82) is 0 Å². The normalized spacial score (nSPS) is 14.3. The van der Waals surface area contributed by atoms with Crippen LogP contribution in [0.5, 0.6) is 11.5 Å². The van der Waals surface area contributed by atoms with E-state index in [1.165, 1.54) is 0 Å². The Labute approximate surface area is 113 Å². The molecule has 0 radical (unpaired) electrons. The molecule has 0 aromatic heterocycles. The van der Waals surface area contributed by atoms with E-state index in [0.717, 1.165) is 23.5 Å². The number of likely N-dealkylation sites (N-methyl/N-ethyl adjacent to an activating group) is 2. The van der Waals surface area contributed by atoms with Gasteiger partial charge in [-0.1, -0.05) is 6.07 Å². The van der Waals surface area contributed by atoms with Crippen molar-refractivity contribution in [2.24, 2.45) is 0 Å². The lowest BCUT2D eigenvalue weighted by Gasteiger charge is -2.25. The van der Waals surface area contributed by atoms with Crippen LogP contribution in [0.1, 0.15) is 12.5 Å². The second kappa shape index (κ2) is 5.93. The van der Waals surface area contributed by atoms with Crippen LogP contribution in [0.15, 0.2) is 18.2 Å². The quantitative estimate of drug-likeness (QED) is 0.863. The highest BCUT2D eigenvalue weighted by Crippen LogP contribution is 2.32. The Morgan fingerprint density at radius 2 is 2.16 bits per heavy atom. The van der Waals surface area contributed by atoms with Crippen LogP contribution in [0.25, 0.3) is 0 Å². The topological polar surface area (TPSA) is 50.8 Å². The van der Waals surface area contributed by atoms with Gasteiger partial charge >= 0.3 is 0 Å². The van der Waals surface area contributed by atoms with Crippen LogP contribution >= 0.6 is 0 Å². The van der Waals surface area contributed by atoms with Gasteiger partial charge in [-0.05, 0) is 38.1 Å². The fourth-order valence-corrected chi connectivity index (χ4v) is 2.07. The standard InChI is InChI=1S/C14H20N2O3/c1-10(16(3)14(17)8-15-2)6-11-4-5-12-13(7-11)19-9-18-12/h4-5,7,10,15H,6,8-9H2,1-3H3. The van der Waals surface area contributed by atoms with Gasteiger partial charge < -0.3 is 19.7 Å². The predicted octanol–water partition coefficient (Wildman–Crippen LogP) is 1.02. The maximum absolute atomic E-state index is 11.8. The number of amides is 1. The molecule has 0 aliphatic carbocycles. The molecule has 1 N–H and O–H groups in total. The summed E-state index contributed by atoms with van der Waals surface area (Å²) in [6.45, 7) is 2.69. The molecule has 5 heteroatoms. The molecule has 0 spiro atoms. The average Bonchev–Trinajstić information content (AvgIpc) is 2.85. The summed E-state index contributed by atoms with van der Waals surface area (Å²) in [4.78, 5) is 13.5. The summed E-state index contributed by atoms with van der Waals surface area (Å²) in [7, 11) is 3.60. The van der Waals surface area contributed by atoms with Crippen LogP contribution < -0.4 is 14.8 Å². The molecule has 2 rings (SSSR count). The van der Waals surface area contributed by atoms with E-state index in [1.54, 1.807) is 11.9 Å². The van der Waals surface area contributed by atoms with Crippen LogP contribution in [-0.4, -0.2) is 44.3 Å². The summed E-state index contributed by atoms with van der Waals surface area (Å²) in [5.74, 6) is 1.67. The van der Waals surface area contributed by atoms with Crippen molar-refractivity contribution in [2.45, 2.75) is 19.4 Å². The summed E-state index contributed by atoms with van der Waals surface area (Å²) in [6, 6.07) is 6.05.